The van der Waals surface area contributed by atoms with Crippen LogP contribution in [0.5, 0.6) is 0 Å². The molecule has 0 radical (unpaired) electrons. The van der Waals surface area contributed by atoms with Crippen molar-refractivity contribution in [3.63, 3.8) is 0 Å². The number of nitrogens with zero attached hydrogens (tertiary/aromatic N) is 2. The number of aromatic nitrogens is 2. The van der Waals surface area contributed by atoms with Crippen molar-refractivity contribution in [3.8, 4) is 0 Å². The minimum absolute atomic E-state index is 0.432. The third kappa shape index (κ3) is 2.10. The van der Waals surface area contributed by atoms with Gasteiger partial charge in [-0.1, -0.05) is 13.3 Å². The highest BCUT2D eigenvalue weighted by Gasteiger charge is 2.10. The predicted molar refractivity (Wildman–Crippen MR) is 54.5 cm³/mol. The molecule has 0 amide bonds. The third-order valence-corrected chi connectivity index (χ3v) is 2.18. The van der Waals surface area contributed by atoms with Crippen LogP contribution in [0, 0.1) is 0 Å². The molecule has 1 aromatic rings. The molecular formula is C10H19N3. The van der Waals surface area contributed by atoms with E-state index in [1.54, 1.807) is 0 Å². The first-order valence-electron chi connectivity index (χ1n) is 4.96. The second-order valence-corrected chi connectivity index (χ2v) is 3.61. The van der Waals surface area contributed by atoms with Gasteiger partial charge in [-0.15, -0.1) is 0 Å². The maximum atomic E-state index is 5.64. The Balaban J connectivity index is 2.99. The second-order valence-electron chi connectivity index (χ2n) is 3.61. The Kier molecular flexibility index (Phi) is 3.48. The molecule has 3 nitrogen and oxygen atoms in total. The highest BCUT2D eigenvalue weighted by Crippen LogP contribution is 2.15. The number of hydrogen-bond acceptors (Lipinski definition) is 2. The summed E-state index contributed by atoms with van der Waals surface area (Å²) in [5.74, 6) is 0. The van der Waals surface area contributed by atoms with Crippen molar-refractivity contribution in [1.82, 2.24) is 9.78 Å². The Hall–Kier alpha value is -0.830. The molecule has 0 aliphatic rings. The number of nitrogens with two attached hydrogens (primary N) is 1. The lowest BCUT2D eigenvalue weighted by Gasteiger charge is -2.11. The average Bonchev–Trinajstić information content (AvgIpc) is 2.48. The highest BCUT2D eigenvalue weighted by molar-refractivity contribution is 5.18. The van der Waals surface area contributed by atoms with Gasteiger partial charge in [-0.05, 0) is 20.3 Å². The summed E-state index contributed by atoms with van der Waals surface area (Å²) in [5.41, 5.74) is 8.14. The van der Waals surface area contributed by atoms with Crippen LogP contribution in [0.15, 0.2) is 6.20 Å². The number of hydrogen-bond donors (Lipinski definition) is 1. The third-order valence-electron chi connectivity index (χ3n) is 2.18. The largest absolute Gasteiger partial charge is 0.326 e. The second kappa shape index (κ2) is 4.42. The van der Waals surface area contributed by atoms with E-state index in [0.29, 0.717) is 12.6 Å². The Morgan fingerprint density at radius 3 is 2.69 bits per heavy atom. The topological polar surface area (TPSA) is 43.8 Å². The summed E-state index contributed by atoms with van der Waals surface area (Å²) >= 11 is 0. The molecule has 1 aromatic heterocycles. The van der Waals surface area contributed by atoms with E-state index < -0.39 is 0 Å². The molecule has 74 valence electrons. The van der Waals surface area contributed by atoms with Gasteiger partial charge in [-0.25, -0.2) is 0 Å². The van der Waals surface area contributed by atoms with Crippen LogP contribution >= 0.6 is 0 Å². The van der Waals surface area contributed by atoms with Crippen molar-refractivity contribution in [3.05, 3.63) is 17.5 Å². The van der Waals surface area contributed by atoms with Gasteiger partial charge in [0, 0.05) is 23.8 Å². The van der Waals surface area contributed by atoms with Crippen molar-refractivity contribution in [2.45, 2.75) is 46.2 Å². The van der Waals surface area contributed by atoms with E-state index in [1.807, 2.05) is 6.20 Å². The normalized spacial score (nSPS) is 11.2. The lowest BCUT2D eigenvalue weighted by atomic mass is 10.1. The van der Waals surface area contributed by atoms with Crippen LogP contribution in [0.2, 0.25) is 0 Å². The molecule has 0 spiro atoms. The quantitative estimate of drug-likeness (QED) is 0.770. The van der Waals surface area contributed by atoms with Crippen LogP contribution in [0.25, 0.3) is 0 Å². The summed E-state index contributed by atoms with van der Waals surface area (Å²) in [6.07, 6.45) is 4.11. The molecule has 0 fully saturated rings. The summed E-state index contributed by atoms with van der Waals surface area (Å²) in [6.45, 7) is 7.07. The fraction of sp³-hybridized carbons (Fsp3) is 0.700. The fourth-order valence-electron chi connectivity index (χ4n) is 1.55. The van der Waals surface area contributed by atoms with Crippen LogP contribution in [0.4, 0.5) is 0 Å². The highest BCUT2D eigenvalue weighted by atomic mass is 15.3. The van der Waals surface area contributed by atoms with Gasteiger partial charge in [0.2, 0.25) is 0 Å². The molecule has 0 aliphatic carbocycles. The lowest BCUT2D eigenvalue weighted by molar-refractivity contribution is 0.506. The monoisotopic (exact) mass is 181 g/mol. The molecule has 0 saturated heterocycles. The van der Waals surface area contributed by atoms with Crippen molar-refractivity contribution >= 4 is 0 Å². The molecular weight excluding hydrogens is 162 g/mol. The Morgan fingerprint density at radius 1 is 1.54 bits per heavy atom. The maximum absolute atomic E-state index is 5.64. The maximum Gasteiger partial charge on any atom is 0.0537 e. The summed E-state index contributed by atoms with van der Waals surface area (Å²) in [4.78, 5) is 0. The van der Waals surface area contributed by atoms with Crippen LogP contribution in [-0.4, -0.2) is 9.78 Å². The predicted octanol–water partition coefficient (Wildman–Crippen LogP) is 1.88. The average molecular weight is 181 g/mol. The lowest BCUT2D eigenvalue weighted by Crippen LogP contribution is -2.09. The van der Waals surface area contributed by atoms with Crippen LogP contribution in [-0.2, 0) is 13.0 Å². The van der Waals surface area contributed by atoms with Crippen molar-refractivity contribution in [2.75, 3.05) is 0 Å². The molecule has 13 heavy (non-hydrogen) atoms. The van der Waals surface area contributed by atoms with E-state index in [-0.39, 0.29) is 0 Å². The summed E-state index contributed by atoms with van der Waals surface area (Å²) < 4.78 is 2.08. The van der Waals surface area contributed by atoms with Crippen LogP contribution < -0.4 is 5.73 Å². The first-order valence-corrected chi connectivity index (χ1v) is 4.96. The Morgan fingerprint density at radius 2 is 2.23 bits per heavy atom. The minimum atomic E-state index is 0.432. The van der Waals surface area contributed by atoms with E-state index in [4.69, 9.17) is 5.73 Å². The molecule has 0 atom stereocenters. The molecule has 1 rings (SSSR count). The zero-order chi connectivity index (χ0) is 9.84. The van der Waals surface area contributed by atoms with Gasteiger partial charge in [-0.3, -0.25) is 4.68 Å². The number of rotatable bonds is 4. The van der Waals surface area contributed by atoms with E-state index in [1.165, 1.54) is 11.3 Å². The van der Waals surface area contributed by atoms with Gasteiger partial charge < -0.3 is 5.73 Å². The van der Waals surface area contributed by atoms with E-state index in [9.17, 15) is 0 Å². The molecule has 3 heteroatoms. The van der Waals surface area contributed by atoms with Crippen LogP contribution in [0.1, 0.15) is 44.5 Å². The Bertz CT molecular complexity index is 263. The van der Waals surface area contributed by atoms with Gasteiger partial charge in [-0.2, -0.15) is 5.10 Å². The fourth-order valence-corrected chi connectivity index (χ4v) is 1.55. The minimum Gasteiger partial charge on any atom is -0.326 e. The van der Waals surface area contributed by atoms with Crippen molar-refractivity contribution < 1.29 is 0 Å². The first-order chi connectivity index (χ1) is 6.20. The SMILES string of the molecule is CCCc1c(CN)cnn1C(C)C. The molecule has 2 N–H and O–H groups in total. The van der Waals surface area contributed by atoms with E-state index >= 15 is 0 Å². The van der Waals surface area contributed by atoms with E-state index in [2.05, 4.69) is 30.6 Å². The zero-order valence-corrected chi connectivity index (χ0v) is 8.75. The van der Waals surface area contributed by atoms with E-state index in [0.717, 1.165) is 12.8 Å². The zero-order valence-electron chi connectivity index (χ0n) is 8.75. The molecule has 0 bridgehead atoms. The van der Waals surface area contributed by atoms with Gasteiger partial charge >= 0.3 is 0 Å². The standard InChI is InChI=1S/C10H19N3/c1-4-5-10-9(6-11)7-12-13(10)8(2)3/h7-8H,4-6,11H2,1-3H3. The van der Waals surface area contributed by atoms with Crippen molar-refractivity contribution in [1.29, 1.82) is 0 Å². The molecule has 0 aliphatic heterocycles. The molecule has 1 heterocycles. The molecule has 0 aromatic carbocycles. The summed E-state index contributed by atoms with van der Waals surface area (Å²) in [6, 6.07) is 0.432. The Labute approximate surface area is 79.9 Å². The van der Waals surface area contributed by atoms with Crippen LogP contribution in [0.3, 0.4) is 0 Å². The molecule has 0 unspecified atom stereocenters. The van der Waals surface area contributed by atoms with Gasteiger partial charge in [0.1, 0.15) is 0 Å². The molecule has 0 saturated carbocycles. The van der Waals surface area contributed by atoms with Gasteiger partial charge in [0.25, 0.3) is 0 Å². The smallest absolute Gasteiger partial charge is 0.0537 e. The van der Waals surface area contributed by atoms with Gasteiger partial charge in [0.05, 0.1) is 6.20 Å². The first kappa shape index (κ1) is 10.3. The van der Waals surface area contributed by atoms with Crippen molar-refractivity contribution in [2.24, 2.45) is 5.73 Å². The summed E-state index contributed by atoms with van der Waals surface area (Å²) in [5, 5.41) is 4.34. The van der Waals surface area contributed by atoms with Gasteiger partial charge in [0.15, 0.2) is 0 Å². The summed E-state index contributed by atoms with van der Waals surface area (Å²) in [7, 11) is 0.